The molecule has 4 rings (SSSR count). The molecule has 0 radical (unpaired) electrons. The summed E-state index contributed by atoms with van der Waals surface area (Å²) in [5, 5.41) is 3.22. The third kappa shape index (κ3) is 2.68. The summed E-state index contributed by atoms with van der Waals surface area (Å²) < 4.78 is 7.90. The van der Waals surface area contributed by atoms with Crippen molar-refractivity contribution in [1.82, 2.24) is 14.8 Å². The molecule has 0 unspecified atom stereocenters. The number of nitrogens with zero attached hydrogens (tertiary/aromatic N) is 2. The van der Waals surface area contributed by atoms with Gasteiger partial charge in [-0.3, -0.25) is 9.69 Å². The zero-order valence-electron chi connectivity index (χ0n) is 13.2. The van der Waals surface area contributed by atoms with Crippen LogP contribution in [0.1, 0.15) is 36.2 Å². The van der Waals surface area contributed by atoms with Gasteiger partial charge >= 0.3 is 0 Å². The molecule has 0 spiro atoms. The largest absolute Gasteiger partial charge is 0.374 e. The van der Waals surface area contributed by atoms with Crippen LogP contribution in [0.3, 0.4) is 0 Å². The fourth-order valence-corrected chi connectivity index (χ4v) is 3.96. The fourth-order valence-electron chi connectivity index (χ4n) is 3.96. The molecule has 2 aliphatic heterocycles. The number of aromatic nitrogens is 1. The maximum absolute atomic E-state index is 12.5. The molecule has 0 bridgehead atoms. The highest BCUT2D eigenvalue weighted by molar-refractivity contribution is 5.93. The maximum atomic E-state index is 12.5. The number of carbonyl (C=O) groups excluding carboxylic acids is 1. The predicted octanol–water partition coefficient (Wildman–Crippen LogP) is 1.40. The summed E-state index contributed by atoms with van der Waals surface area (Å²) in [6.07, 6.45) is 7.15. The van der Waals surface area contributed by atoms with E-state index in [1.165, 1.54) is 25.8 Å². The molecule has 1 amide bonds. The summed E-state index contributed by atoms with van der Waals surface area (Å²) in [4.78, 5) is 15.1. The lowest BCUT2D eigenvalue weighted by molar-refractivity contribution is -0.0205. The third-order valence-corrected chi connectivity index (χ3v) is 5.31. The molecule has 1 aromatic heterocycles. The van der Waals surface area contributed by atoms with E-state index in [9.17, 15) is 4.79 Å². The van der Waals surface area contributed by atoms with Crippen molar-refractivity contribution in [3.05, 3.63) is 24.0 Å². The number of carbonyl (C=O) groups is 1. The van der Waals surface area contributed by atoms with Crippen LogP contribution in [-0.2, 0) is 11.8 Å². The fraction of sp³-hybridized carbons (Fsp3) is 0.706. The summed E-state index contributed by atoms with van der Waals surface area (Å²) >= 11 is 0. The van der Waals surface area contributed by atoms with Gasteiger partial charge < -0.3 is 14.6 Å². The zero-order valence-corrected chi connectivity index (χ0v) is 13.2. The van der Waals surface area contributed by atoms with Crippen LogP contribution in [0.25, 0.3) is 0 Å². The molecular formula is C17H25N3O2. The predicted molar refractivity (Wildman–Crippen MR) is 83.7 cm³/mol. The topological polar surface area (TPSA) is 46.5 Å². The Bertz CT molecular complexity index is 552. The van der Waals surface area contributed by atoms with Gasteiger partial charge in [-0.25, -0.2) is 0 Å². The Hall–Kier alpha value is -1.33. The van der Waals surface area contributed by atoms with Gasteiger partial charge in [-0.05, 0) is 43.7 Å². The standard InChI is InChI=1S/C17H25N3O2/c1-19-8-2-4-15(19)17(21)18-13-11-20(10-12-6-7-12)14-5-3-9-22-16(13)14/h2,4,8,12-14,16H,3,5-7,9-11H2,1H3,(H,18,21)/t13-,14-,16-/m1/s1. The van der Waals surface area contributed by atoms with Crippen LogP contribution in [0, 0.1) is 5.92 Å². The van der Waals surface area contributed by atoms with Gasteiger partial charge in [0.15, 0.2) is 0 Å². The van der Waals surface area contributed by atoms with Crippen molar-refractivity contribution in [3.8, 4) is 0 Å². The van der Waals surface area contributed by atoms with E-state index in [0.29, 0.717) is 11.7 Å². The molecule has 1 saturated carbocycles. The molecule has 3 atom stereocenters. The SMILES string of the molecule is Cn1cccc1C(=O)N[C@@H]1CN(CC2CC2)[C@@H]2CCCO[C@@H]21. The second-order valence-electron chi connectivity index (χ2n) is 7.03. The number of nitrogens with one attached hydrogen (secondary N) is 1. The van der Waals surface area contributed by atoms with Gasteiger partial charge in [0.25, 0.3) is 5.91 Å². The van der Waals surface area contributed by atoms with E-state index in [1.807, 2.05) is 29.9 Å². The number of likely N-dealkylation sites (tertiary alicyclic amines) is 1. The van der Waals surface area contributed by atoms with Crippen LogP contribution >= 0.6 is 0 Å². The Morgan fingerprint density at radius 1 is 1.41 bits per heavy atom. The molecule has 2 saturated heterocycles. The minimum atomic E-state index is 0.0127. The van der Waals surface area contributed by atoms with Crippen molar-refractivity contribution < 1.29 is 9.53 Å². The Morgan fingerprint density at radius 2 is 2.27 bits per heavy atom. The highest BCUT2D eigenvalue weighted by Gasteiger charge is 2.45. The molecule has 1 N–H and O–H groups in total. The van der Waals surface area contributed by atoms with Crippen molar-refractivity contribution in [2.45, 2.75) is 43.9 Å². The highest BCUT2D eigenvalue weighted by Crippen LogP contribution is 2.35. The van der Waals surface area contributed by atoms with Crippen LogP contribution in [0.5, 0.6) is 0 Å². The number of ether oxygens (including phenoxy) is 1. The van der Waals surface area contributed by atoms with E-state index < -0.39 is 0 Å². The summed E-state index contributed by atoms with van der Waals surface area (Å²) in [6.45, 7) is 2.94. The average molecular weight is 303 g/mol. The van der Waals surface area contributed by atoms with Crippen LogP contribution in [0.2, 0.25) is 0 Å². The van der Waals surface area contributed by atoms with E-state index in [4.69, 9.17) is 4.74 Å². The van der Waals surface area contributed by atoms with Crippen molar-refractivity contribution in [2.75, 3.05) is 19.7 Å². The summed E-state index contributed by atoms with van der Waals surface area (Å²) in [5.74, 6) is 0.892. The quantitative estimate of drug-likeness (QED) is 0.914. The molecule has 1 aliphatic carbocycles. The molecule has 5 nitrogen and oxygen atoms in total. The molecule has 5 heteroatoms. The molecule has 3 aliphatic rings. The van der Waals surface area contributed by atoms with E-state index in [1.54, 1.807) is 0 Å². The van der Waals surface area contributed by atoms with Gasteiger partial charge in [0, 0.05) is 39.0 Å². The lowest BCUT2D eigenvalue weighted by Crippen LogP contribution is -2.47. The Kier molecular flexibility index (Phi) is 3.70. The lowest BCUT2D eigenvalue weighted by Gasteiger charge is -2.32. The minimum Gasteiger partial charge on any atom is -0.374 e. The normalized spacial score (nSPS) is 32.0. The second-order valence-corrected chi connectivity index (χ2v) is 7.03. The maximum Gasteiger partial charge on any atom is 0.268 e. The highest BCUT2D eigenvalue weighted by atomic mass is 16.5. The van der Waals surface area contributed by atoms with Crippen molar-refractivity contribution >= 4 is 5.91 Å². The molecule has 22 heavy (non-hydrogen) atoms. The van der Waals surface area contributed by atoms with Crippen LogP contribution in [-0.4, -0.2) is 53.3 Å². The molecular weight excluding hydrogens is 278 g/mol. The van der Waals surface area contributed by atoms with Crippen molar-refractivity contribution in [2.24, 2.45) is 13.0 Å². The van der Waals surface area contributed by atoms with Gasteiger partial charge in [-0.2, -0.15) is 0 Å². The van der Waals surface area contributed by atoms with E-state index in [2.05, 4.69) is 10.2 Å². The van der Waals surface area contributed by atoms with Crippen molar-refractivity contribution in [1.29, 1.82) is 0 Å². The van der Waals surface area contributed by atoms with Gasteiger partial charge in [-0.1, -0.05) is 0 Å². The molecule has 120 valence electrons. The third-order valence-electron chi connectivity index (χ3n) is 5.31. The monoisotopic (exact) mass is 303 g/mol. The molecule has 1 aromatic rings. The van der Waals surface area contributed by atoms with Gasteiger partial charge in [0.2, 0.25) is 0 Å². The van der Waals surface area contributed by atoms with Crippen molar-refractivity contribution in [3.63, 3.8) is 0 Å². The number of fused-ring (bicyclic) bond motifs is 1. The second kappa shape index (κ2) is 5.70. The lowest BCUT2D eigenvalue weighted by atomic mass is 10.0. The number of amides is 1. The minimum absolute atomic E-state index is 0.0127. The first-order chi connectivity index (χ1) is 10.7. The smallest absolute Gasteiger partial charge is 0.268 e. The molecule has 0 aromatic carbocycles. The molecule has 3 fully saturated rings. The van der Waals surface area contributed by atoms with Gasteiger partial charge in [0.05, 0.1) is 12.1 Å². The zero-order chi connectivity index (χ0) is 15.1. The first-order valence-corrected chi connectivity index (χ1v) is 8.50. The Morgan fingerprint density at radius 3 is 3.00 bits per heavy atom. The summed E-state index contributed by atoms with van der Waals surface area (Å²) in [6, 6.07) is 4.38. The number of rotatable bonds is 4. The Balaban J connectivity index is 1.46. The van der Waals surface area contributed by atoms with E-state index in [0.717, 1.165) is 25.5 Å². The van der Waals surface area contributed by atoms with Gasteiger partial charge in [-0.15, -0.1) is 0 Å². The van der Waals surface area contributed by atoms with Crippen LogP contribution in [0.4, 0.5) is 0 Å². The van der Waals surface area contributed by atoms with E-state index in [-0.39, 0.29) is 18.1 Å². The van der Waals surface area contributed by atoms with E-state index >= 15 is 0 Å². The average Bonchev–Trinajstić information content (AvgIpc) is 3.13. The molecule has 3 heterocycles. The van der Waals surface area contributed by atoms with Crippen LogP contribution in [0.15, 0.2) is 18.3 Å². The summed E-state index contributed by atoms with van der Waals surface area (Å²) in [7, 11) is 1.91. The summed E-state index contributed by atoms with van der Waals surface area (Å²) in [5.41, 5.74) is 0.716. The first-order valence-electron chi connectivity index (χ1n) is 8.50. The first kappa shape index (κ1) is 14.3. The van der Waals surface area contributed by atoms with Gasteiger partial charge in [0.1, 0.15) is 5.69 Å². The van der Waals surface area contributed by atoms with Crippen LogP contribution < -0.4 is 5.32 Å². The number of hydrogen-bond acceptors (Lipinski definition) is 3. The Labute approximate surface area is 131 Å². The number of aryl methyl sites for hydroxylation is 1. The number of hydrogen-bond donors (Lipinski definition) is 1.